The van der Waals surface area contributed by atoms with Gasteiger partial charge in [0, 0.05) is 19.9 Å². The van der Waals surface area contributed by atoms with Crippen LogP contribution in [0.5, 0.6) is 0 Å². The molecule has 2 heterocycles. The molecule has 1 saturated heterocycles. The zero-order valence-electron chi connectivity index (χ0n) is 8.73. The summed E-state index contributed by atoms with van der Waals surface area (Å²) in [6.45, 7) is 0.885. The highest BCUT2D eigenvalue weighted by Crippen LogP contribution is 2.25. The van der Waals surface area contributed by atoms with Crippen molar-refractivity contribution in [3.63, 3.8) is 0 Å². The summed E-state index contributed by atoms with van der Waals surface area (Å²) in [6.07, 6.45) is 4.54. The molecule has 2 rings (SSSR count). The molecular weight excluding hydrogens is 178 g/mol. The Morgan fingerprint density at radius 3 is 3.07 bits per heavy atom. The molecule has 1 aliphatic rings. The van der Waals surface area contributed by atoms with Crippen molar-refractivity contribution in [1.82, 2.24) is 15.1 Å². The van der Waals surface area contributed by atoms with Crippen molar-refractivity contribution >= 4 is 0 Å². The van der Waals surface area contributed by atoms with Crippen LogP contribution in [0.25, 0.3) is 0 Å². The molecule has 2 unspecified atom stereocenters. The van der Waals surface area contributed by atoms with Gasteiger partial charge in [-0.25, -0.2) is 0 Å². The van der Waals surface area contributed by atoms with Crippen LogP contribution >= 0.6 is 0 Å². The van der Waals surface area contributed by atoms with Crippen molar-refractivity contribution in [3.8, 4) is 0 Å². The predicted molar refractivity (Wildman–Crippen MR) is 54.0 cm³/mol. The van der Waals surface area contributed by atoms with Gasteiger partial charge in [-0.2, -0.15) is 5.10 Å². The molecule has 0 amide bonds. The van der Waals surface area contributed by atoms with E-state index < -0.39 is 0 Å². The lowest BCUT2D eigenvalue weighted by Gasteiger charge is -2.20. The molecule has 1 aliphatic heterocycles. The Kier molecular flexibility index (Phi) is 2.84. The minimum Gasteiger partial charge on any atom is -0.376 e. The average molecular weight is 195 g/mol. The lowest BCUT2D eigenvalue weighted by atomic mass is 10.1. The number of hydrogen-bond donors (Lipinski definition) is 1. The SMILES string of the molecule is CNC(c1ccn(C)n1)C1CCCO1. The maximum absolute atomic E-state index is 5.66. The van der Waals surface area contributed by atoms with Gasteiger partial charge >= 0.3 is 0 Å². The number of aryl methyl sites for hydroxylation is 1. The van der Waals surface area contributed by atoms with E-state index in [1.807, 2.05) is 31.0 Å². The maximum atomic E-state index is 5.66. The van der Waals surface area contributed by atoms with E-state index in [0.29, 0.717) is 0 Å². The number of nitrogens with zero attached hydrogens (tertiary/aromatic N) is 2. The van der Waals surface area contributed by atoms with E-state index >= 15 is 0 Å². The molecule has 1 fully saturated rings. The summed E-state index contributed by atoms with van der Waals surface area (Å²) in [4.78, 5) is 0. The molecule has 1 aromatic rings. The van der Waals surface area contributed by atoms with Crippen molar-refractivity contribution < 1.29 is 4.74 Å². The highest BCUT2D eigenvalue weighted by atomic mass is 16.5. The number of aromatic nitrogens is 2. The number of hydrogen-bond acceptors (Lipinski definition) is 3. The fraction of sp³-hybridized carbons (Fsp3) is 0.700. The van der Waals surface area contributed by atoms with E-state index in [-0.39, 0.29) is 12.1 Å². The van der Waals surface area contributed by atoms with Gasteiger partial charge in [0.2, 0.25) is 0 Å². The van der Waals surface area contributed by atoms with E-state index in [4.69, 9.17) is 4.74 Å². The van der Waals surface area contributed by atoms with Crippen molar-refractivity contribution in [2.75, 3.05) is 13.7 Å². The number of nitrogens with one attached hydrogen (secondary N) is 1. The number of rotatable bonds is 3. The summed E-state index contributed by atoms with van der Waals surface area (Å²) < 4.78 is 7.49. The predicted octanol–water partition coefficient (Wildman–Crippen LogP) is 0.860. The smallest absolute Gasteiger partial charge is 0.0820 e. The summed E-state index contributed by atoms with van der Waals surface area (Å²) in [5.74, 6) is 0. The summed E-state index contributed by atoms with van der Waals surface area (Å²) in [7, 11) is 3.90. The lowest BCUT2D eigenvalue weighted by Crippen LogP contribution is -2.29. The Bertz CT molecular complexity index is 291. The molecule has 0 aliphatic carbocycles. The standard InChI is InChI=1S/C10H17N3O/c1-11-10(9-4-3-7-14-9)8-5-6-13(2)12-8/h5-6,9-11H,3-4,7H2,1-2H3. The first kappa shape index (κ1) is 9.68. The Balaban J connectivity index is 2.12. The van der Waals surface area contributed by atoms with E-state index in [9.17, 15) is 0 Å². The molecule has 14 heavy (non-hydrogen) atoms. The van der Waals surface area contributed by atoms with Gasteiger partial charge in [0.05, 0.1) is 17.8 Å². The zero-order chi connectivity index (χ0) is 9.97. The first-order valence-corrected chi connectivity index (χ1v) is 5.09. The zero-order valence-corrected chi connectivity index (χ0v) is 8.73. The van der Waals surface area contributed by atoms with Crippen molar-refractivity contribution in [1.29, 1.82) is 0 Å². The highest BCUT2D eigenvalue weighted by molar-refractivity contribution is 5.08. The quantitative estimate of drug-likeness (QED) is 0.777. The molecule has 4 nitrogen and oxygen atoms in total. The molecule has 4 heteroatoms. The van der Waals surface area contributed by atoms with Crippen molar-refractivity contribution in [2.24, 2.45) is 7.05 Å². The molecular formula is C10H17N3O. The van der Waals surface area contributed by atoms with Crippen LogP contribution in [0.1, 0.15) is 24.6 Å². The summed E-state index contributed by atoms with van der Waals surface area (Å²) in [6, 6.07) is 2.28. The van der Waals surface area contributed by atoms with Crippen LogP contribution in [-0.2, 0) is 11.8 Å². The van der Waals surface area contributed by atoms with Gasteiger partial charge in [-0.3, -0.25) is 4.68 Å². The minimum absolute atomic E-state index is 0.235. The van der Waals surface area contributed by atoms with Crippen molar-refractivity contribution in [2.45, 2.75) is 25.0 Å². The van der Waals surface area contributed by atoms with Crippen LogP contribution in [0.2, 0.25) is 0 Å². The monoisotopic (exact) mass is 195 g/mol. The van der Waals surface area contributed by atoms with Gasteiger partial charge in [0.25, 0.3) is 0 Å². The third-order valence-electron chi connectivity index (χ3n) is 2.70. The molecule has 0 spiro atoms. The van der Waals surface area contributed by atoms with Gasteiger partial charge in [0.1, 0.15) is 0 Å². The highest BCUT2D eigenvalue weighted by Gasteiger charge is 2.27. The van der Waals surface area contributed by atoms with Gasteiger partial charge < -0.3 is 10.1 Å². The van der Waals surface area contributed by atoms with Crippen LogP contribution in [0, 0.1) is 0 Å². The summed E-state index contributed by atoms with van der Waals surface area (Å²) in [5, 5.41) is 7.67. The molecule has 0 bridgehead atoms. The van der Waals surface area contributed by atoms with Crippen LogP contribution in [0.15, 0.2) is 12.3 Å². The summed E-state index contributed by atoms with van der Waals surface area (Å²) in [5.41, 5.74) is 1.07. The van der Waals surface area contributed by atoms with Crippen LogP contribution in [0.4, 0.5) is 0 Å². The first-order valence-electron chi connectivity index (χ1n) is 5.09. The van der Waals surface area contributed by atoms with E-state index in [0.717, 1.165) is 25.1 Å². The fourth-order valence-electron chi connectivity index (χ4n) is 1.99. The molecule has 2 atom stereocenters. The maximum Gasteiger partial charge on any atom is 0.0820 e. The minimum atomic E-state index is 0.235. The molecule has 78 valence electrons. The van der Waals surface area contributed by atoms with Gasteiger partial charge in [-0.1, -0.05) is 0 Å². The number of likely N-dealkylation sites (N-methyl/N-ethyl adjacent to an activating group) is 1. The largest absolute Gasteiger partial charge is 0.376 e. The van der Waals surface area contributed by atoms with Gasteiger partial charge in [0.15, 0.2) is 0 Å². The normalized spacial score (nSPS) is 24.0. The fourth-order valence-corrected chi connectivity index (χ4v) is 1.99. The molecule has 0 saturated carbocycles. The first-order chi connectivity index (χ1) is 6.81. The second-order valence-corrected chi connectivity index (χ2v) is 3.73. The van der Waals surface area contributed by atoms with Crippen LogP contribution in [-0.4, -0.2) is 29.5 Å². The van der Waals surface area contributed by atoms with Gasteiger partial charge in [-0.05, 0) is 26.0 Å². The Morgan fingerprint density at radius 1 is 1.71 bits per heavy atom. The van der Waals surface area contributed by atoms with E-state index in [2.05, 4.69) is 10.4 Å². The molecule has 1 N–H and O–H groups in total. The summed E-state index contributed by atoms with van der Waals surface area (Å²) >= 11 is 0. The third-order valence-corrected chi connectivity index (χ3v) is 2.70. The van der Waals surface area contributed by atoms with Crippen molar-refractivity contribution in [3.05, 3.63) is 18.0 Å². The molecule has 0 aromatic carbocycles. The van der Waals surface area contributed by atoms with E-state index in [1.54, 1.807) is 0 Å². The topological polar surface area (TPSA) is 39.1 Å². The molecule has 0 radical (unpaired) electrons. The average Bonchev–Trinajstić information content (AvgIpc) is 2.79. The van der Waals surface area contributed by atoms with E-state index in [1.165, 1.54) is 0 Å². The van der Waals surface area contributed by atoms with Crippen LogP contribution < -0.4 is 5.32 Å². The Hall–Kier alpha value is -0.870. The third kappa shape index (κ3) is 1.81. The Morgan fingerprint density at radius 2 is 2.57 bits per heavy atom. The molecule has 1 aromatic heterocycles. The second-order valence-electron chi connectivity index (χ2n) is 3.73. The van der Waals surface area contributed by atoms with Gasteiger partial charge in [-0.15, -0.1) is 0 Å². The second kappa shape index (κ2) is 4.11. The lowest BCUT2D eigenvalue weighted by molar-refractivity contribution is 0.0793. The Labute approximate surface area is 84.3 Å². The number of ether oxygens (including phenoxy) is 1. The van der Waals surface area contributed by atoms with Crippen LogP contribution in [0.3, 0.4) is 0 Å².